The van der Waals surface area contributed by atoms with Gasteiger partial charge >= 0.3 is 12.0 Å². The molecule has 2 saturated carbocycles. The number of nitrogens with zero attached hydrogens (tertiary/aromatic N) is 1. The molecule has 2 aliphatic carbocycles. The van der Waals surface area contributed by atoms with Crippen molar-refractivity contribution in [1.82, 2.24) is 10.2 Å². The summed E-state index contributed by atoms with van der Waals surface area (Å²) in [6, 6.07) is 0.307. The molecule has 5 heteroatoms. The van der Waals surface area contributed by atoms with E-state index in [9.17, 15) is 14.7 Å². The minimum Gasteiger partial charge on any atom is -0.481 e. The fraction of sp³-hybridized carbons (Fsp3) is 0.875. The standard InChI is InChI=1S/C16H28N2O3/c1-16(2,3)8-12(14(19)20)9-17-15(21)18(13-6-7-13)10-11-4-5-11/h11-13H,4-10H2,1-3H3,(H,17,21)(H,19,20). The third-order valence-electron chi connectivity index (χ3n) is 4.11. The Labute approximate surface area is 127 Å². The number of hydrogen-bond acceptors (Lipinski definition) is 2. The Morgan fingerprint density at radius 1 is 1.24 bits per heavy atom. The van der Waals surface area contributed by atoms with Crippen molar-refractivity contribution in [1.29, 1.82) is 0 Å². The van der Waals surface area contributed by atoms with Gasteiger partial charge < -0.3 is 15.3 Å². The molecule has 2 aliphatic rings. The van der Waals surface area contributed by atoms with E-state index in [2.05, 4.69) is 5.32 Å². The van der Waals surface area contributed by atoms with Crippen molar-refractivity contribution < 1.29 is 14.7 Å². The van der Waals surface area contributed by atoms with Gasteiger partial charge in [-0.1, -0.05) is 20.8 Å². The van der Waals surface area contributed by atoms with E-state index < -0.39 is 11.9 Å². The zero-order valence-electron chi connectivity index (χ0n) is 13.4. The Morgan fingerprint density at radius 2 is 1.86 bits per heavy atom. The summed E-state index contributed by atoms with van der Waals surface area (Å²) in [5.74, 6) is -0.678. The smallest absolute Gasteiger partial charge is 0.317 e. The summed E-state index contributed by atoms with van der Waals surface area (Å²) in [5, 5.41) is 12.1. The predicted molar refractivity (Wildman–Crippen MR) is 81.0 cm³/mol. The average Bonchev–Trinajstić information content (AvgIpc) is 3.23. The number of carbonyl (C=O) groups excluding carboxylic acids is 1. The topological polar surface area (TPSA) is 69.6 Å². The van der Waals surface area contributed by atoms with Gasteiger partial charge in [0.15, 0.2) is 0 Å². The quantitative estimate of drug-likeness (QED) is 0.759. The summed E-state index contributed by atoms with van der Waals surface area (Å²) >= 11 is 0. The number of hydrogen-bond donors (Lipinski definition) is 2. The summed E-state index contributed by atoms with van der Waals surface area (Å²) in [6.45, 7) is 7.13. The maximum atomic E-state index is 12.3. The molecule has 1 atom stereocenters. The van der Waals surface area contributed by atoms with Crippen LogP contribution >= 0.6 is 0 Å². The molecular weight excluding hydrogens is 268 g/mol. The average molecular weight is 296 g/mol. The van der Waals surface area contributed by atoms with Crippen molar-refractivity contribution in [3.63, 3.8) is 0 Å². The number of amides is 2. The van der Waals surface area contributed by atoms with Gasteiger partial charge in [-0.05, 0) is 43.4 Å². The van der Waals surface area contributed by atoms with Crippen LogP contribution in [-0.4, -0.2) is 41.1 Å². The van der Waals surface area contributed by atoms with Crippen LogP contribution in [0.25, 0.3) is 0 Å². The lowest BCUT2D eigenvalue weighted by atomic mass is 9.84. The highest BCUT2D eigenvalue weighted by molar-refractivity contribution is 5.76. The van der Waals surface area contributed by atoms with Crippen LogP contribution in [0.2, 0.25) is 0 Å². The van der Waals surface area contributed by atoms with Crippen molar-refractivity contribution in [2.45, 2.75) is 58.9 Å². The summed E-state index contributed by atoms with van der Waals surface area (Å²) in [6.07, 6.45) is 5.18. The number of carboxylic acids is 1. The second-order valence-corrected chi connectivity index (χ2v) is 7.81. The summed E-state index contributed by atoms with van der Waals surface area (Å²) in [5.41, 5.74) is -0.0576. The van der Waals surface area contributed by atoms with Crippen LogP contribution in [0, 0.1) is 17.3 Å². The van der Waals surface area contributed by atoms with Crippen molar-refractivity contribution >= 4 is 12.0 Å². The lowest BCUT2D eigenvalue weighted by Gasteiger charge is -2.26. The van der Waals surface area contributed by atoms with Crippen LogP contribution in [0.4, 0.5) is 4.79 Å². The van der Waals surface area contributed by atoms with Crippen LogP contribution in [0.1, 0.15) is 52.9 Å². The molecule has 0 aromatic carbocycles. The van der Waals surface area contributed by atoms with E-state index in [-0.39, 0.29) is 18.0 Å². The molecule has 1 unspecified atom stereocenters. The van der Waals surface area contributed by atoms with E-state index >= 15 is 0 Å². The Morgan fingerprint density at radius 3 is 2.29 bits per heavy atom. The van der Waals surface area contributed by atoms with Crippen LogP contribution in [-0.2, 0) is 4.79 Å². The lowest BCUT2D eigenvalue weighted by molar-refractivity contribution is -0.142. The number of rotatable bonds is 7. The van der Waals surface area contributed by atoms with Gasteiger partial charge in [0.05, 0.1) is 5.92 Å². The number of carbonyl (C=O) groups is 2. The first-order chi connectivity index (χ1) is 9.76. The van der Waals surface area contributed by atoms with Crippen molar-refractivity contribution in [2.24, 2.45) is 17.3 Å². The first-order valence-electron chi connectivity index (χ1n) is 8.03. The second-order valence-electron chi connectivity index (χ2n) is 7.81. The first-order valence-corrected chi connectivity index (χ1v) is 8.03. The molecule has 0 spiro atoms. The van der Waals surface area contributed by atoms with Gasteiger partial charge in [0.25, 0.3) is 0 Å². The van der Waals surface area contributed by atoms with E-state index in [0.29, 0.717) is 18.4 Å². The number of carboxylic acid groups (broad SMARTS) is 1. The van der Waals surface area contributed by atoms with E-state index in [1.165, 1.54) is 12.8 Å². The van der Waals surface area contributed by atoms with Crippen LogP contribution in [0.15, 0.2) is 0 Å². The molecule has 2 rings (SSSR count). The Bertz CT molecular complexity index is 395. The van der Waals surface area contributed by atoms with Crippen molar-refractivity contribution in [2.75, 3.05) is 13.1 Å². The third-order valence-corrected chi connectivity index (χ3v) is 4.11. The highest BCUT2D eigenvalue weighted by Gasteiger charge is 2.37. The van der Waals surface area contributed by atoms with E-state index in [4.69, 9.17) is 0 Å². The molecule has 120 valence electrons. The molecule has 2 fully saturated rings. The number of nitrogens with one attached hydrogen (secondary N) is 1. The predicted octanol–water partition coefficient (Wildman–Crippen LogP) is 2.71. The number of aliphatic carboxylic acids is 1. The third kappa shape index (κ3) is 5.56. The summed E-state index contributed by atoms with van der Waals surface area (Å²) in [4.78, 5) is 25.6. The van der Waals surface area contributed by atoms with E-state index in [0.717, 1.165) is 19.4 Å². The molecule has 0 aromatic rings. The van der Waals surface area contributed by atoms with Crippen LogP contribution in [0.3, 0.4) is 0 Å². The SMILES string of the molecule is CC(C)(C)CC(CNC(=O)N(CC1CC1)C1CC1)C(=O)O. The van der Waals surface area contributed by atoms with Gasteiger partial charge in [-0.25, -0.2) is 4.79 Å². The van der Waals surface area contributed by atoms with Crippen molar-refractivity contribution in [3.8, 4) is 0 Å². The van der Waals surface area contributed by atoms with Gasteiger partial charge in [-0.2, -0.15) is 0 Å². The van der Waals surface area contributed by atoms with Gasteiger partial charge in [0.1, 0.15) is 0 Å². The first kappa shape index (κ1) is 16.1. The van der Waals surface area contributed by atoms with Crippen LogP contribution < -0.4 is 5.32 Å². The molecule has 21 heavy (non-hydrogen) atoms. The Hall–Kier alpha value is -1.26. The van der Waals surface area contributed by atoms with Gasteiger partial charge in [0.2, 0.25) is 0 Å². The fourth-order valence-electron chi connectivity index (χ4n) is 2.66. The highest BCUT2D eigenvalue weighted by atomic mass is 16.4. The zero-order valence-corrected chi connectivity index (χ0v) is 13.4. The Kier molecular flexibility index (Phi) is 4.79. The van der Waals surface area contributed by atoms with Gasteiger partial charge in [-0.15, -0.1) is 0 Å². The van der Waals surface area contributed by atoms with E-state index in [1.54, 1.807) is 0 Å². The Balaban J connectivity index is 1.83. The number of urea groups is 1. The molecule has 0 aromatic heterocycles. The largest absolute Gasteiger partial charge is 0.481 e. The molecule has 0 bridgehead atoms. The molecule has 0 saturated heterocycles. The van der Waals surface area contributed by atoms with Gasteiger partial charge in [-0.3, -0.25) is 4.79 Å². The second kappa shape index (κ2) is 6.24. The molecular formula is C16H28N2O3. The highest BCUT2D eigenvalue weighted by Crippen LogP contribution is 2.34. The summed E-state index contributed by atoms with van der Waals surface area (Å²) in [7, 11) is 0. The maximum absolute atomic E-state index is 12.3. The fourth-order valence-corrected chi connectivity index (χ4v) is 2.66. The summed E-state index contributed by atoms with van der Waals surface area (Å²) < 4.78 is 0. The molecule has 2 N–H and O–H groups in total. The lowest BCUT2D eigenvalue weighted by Crippen LogP contribution is -2.45. The zero-order chi connectivity index (χ0) is 15.6. The minimum absolute atomic E-state index is 0.0576. The molecule has 0 heterocycles. The molecule has 5 nitrogen and oxygen atoms in total. The normalized spacial score (nSPS) is 20.0. The van der Waals surface area contributed by atoms with Crippen molar-refractivity contribution in [3.05, 3.63) is 0 Å². The monoisotopic (exact) mass is 296 g/mol. The van der Waals surface area contributed by atoms with Crippen LogP contribution in [0.5, 0.6) is 0 Å². The maximum Gasteiger partial charge on any atom is 0.317 e. The van der Waals surface area contributed by atoms with E-state index in [1.807, 2.05) is 25.7 Å². The molecule has 2 amide bonds. The minimum atomic E-state index is -0.828. The van der Waals surface area contributed by atoms with Gasteiger partial charge in [0, 0.05) is 19.1 Å². The molecule has 0 aliphatic heterocycles. The molecule has 0 radical (unpaired) electrons.